The summed E-state index contributed by atoms with van der Waals surface area (Å²) in [4.78, 5) is 0. The zero-order valence-electron chi connectivity index (χ0n) is 14.4. The van der Waals surface area contributed by atoms with Crippen LogP contribution in [0, 0.1) is 5.41 Å². The van der Waals surface area contributed by atoms with Crippen molar-refractivity contribution in [3.8, 4) is 0 Å². The Hall–Kier alpha value is -1.42. The van der Waals surface area contributed by atoms with Crippen LogP contribution in [0.25, 0.3) is 0 Å². The second-order valence-corrected chi connectivity index (χ2v) is 7.16. The molecule has 23 heavy (non-hydrogen) atoms. The molecular formula is C19H29N3O. The third kappa shape index (κ3) is 3.57. The molecule has 0 spiro atoms. The highest BCUT2D eigenvalue weighted by molar-refractivity contribution is 5.30. The van der Waals surface area contributed by atoms with E-state index in [4.69, 9.17) is 4.74 Å². The number of hydrogen-bond donors (Lipinski definition) is 1. The number of nitrogens with one attached hydrogen (secondary N) is 1. The molecule has 2 aliphatic rings. The summed E-state index contributed by atoms with van der Waals surface area (Å²) in [7, 11) is 0. The van der Waals surface area contributed by atoms with E-state index in [9.17, 15) is 0 Å². The molecule has 1 aromatic heterocycles. The van der Waals surface area contributed by atoms with E-state index in [1.54, 1.807) is 0 Å². The summed E-state index contributed by atoms with van der Waals surface area (Å²) in [6.45, 7) is 4.56. The molecule has 1 heterocycles. The van der Waals surface area contributed by atoms with Crippen LogP contribution < -0.4 is 0 Å². The average Bonchev–Trinajstić information content (AvgIpc) is 3.10. The van der Waals surface area contributed by atoms with E-state index in [-0.39, 0.29) is 17.4 Å². The number of rotatable bonds is 6. The van der Waals surface area contributed by atoms with Crippen molar-refractivity contribution in [2.24, 2.45) is 5.41 Å². The number of nitrogens with zero attached hydrogens (tertiary/aromatic N) is 2. The molecule has 0 radical (unpaired) electrons. The van der Waals surface area contributed by atoms with Gasteiger partial charge in [-0.1, -0.05) is 63.8 Å². The molecule has 3 unspecified atom stereocenters. The summed E-state index contributed by atoms with van der Waals surface area (Å²) in [6.07, 6.45) is 19.9. The van der Waals surface area contributed by atoms with Crippen LogP contribution in [0.1, 0.15) is 70.4 Å². The zero-order chi connectivity index (χ0) is 16.1. The second-order valence-electron chi connectivity index (χ2n) is 7.16. The average molecular weight is 315 g/mol. The Morgan fingerprint density at radius 1 is 1.30 bits per heavy atom. The number of hydrogen-bond acceptors (Lipinski definition) is 3. The monoisotopic (exact) mass is 315 g/mol. The maximum absolute atomic E-state index is 6.66. The van der Waals surface area contributed by atoms with Gasteiger partial charge in [0.2, 0.25) is 0 Å². The molecule has 0 bridgehead atoms. The van der Waals surface area contributed by atoms with Crippen molar-refractivity contribution in [2.45, 2.75) is 76.9 Å². The first-order valence-corrected chi connectivity index (χ1v) is 9.11. The quantitative estimate of drug-likeness (QED) is 0.838. The van der Waals surface area contributed by atoms with Gasteiger partial charge in [0.15, 0.2) is 0 Å². The van der Waals surface area contributed by atoms with E-state index in [2.05, 4.69) is 53.6 Å². The Morgan fingerprint density at radius 2 is 2.13 bits per heavy atom. The van der Waals surface area contributed by atoms with Crippen LogP contribution in [-0.4, -0.2) is 27.6 Å². The number of allylic oxidation sites excluding steroid dienone is 3. The molecule has 126 valence electrons. The fraction of sp³-hybridized carbons (Fsp3) is 0.684. The van der Waals surface area contributed by atoms with Crippen molar-refractivity contribution >= 4 is 0 Å². The number of aromatic amines is 1. The Morgan fingerprint density at radius 3 is 2.83 bits per heavy atom. The van der Waals surface area contributed by atoms with E-state index < -0.39 is 0 Å². The molecule has 2 aliphatic carbocycles. The highest BCUT2D eigenvalue weighted by atomic mass is 16.5. The largest absolute Gasteiger partial charge is 0.374 e. The van der Waals surface area contributed by atoms with Crippen LogP contribution in [0.5, 0.6) is 0 Å². The number of aromatic nitrogens is 3. The molecule has 4 heteroatoms. The molecule has 0 saturated heterocycles. The van der Waals surface area contributed by atoms with E-state index in [1.165, 1.54) is 32.1 Å². The van der Waals surface area contributed by atoms with Gasteiger partial charge >= 0.3 is 0 Å². The smallest absolute Gasteiger partial charge is 0.0902 e. The topological polar surface area (TPSA) is 50.8 Å². The summed E-state index contributed by atoms with van der Waals surface area (Å²) >= 11 is 0. The van der Waals surface area contributed by atoms with Gasteiger partial charge in [-0.25, -0.2) is 0 Å². The van der Waals surface area contributed by atoms with E-state index >= 15 is 0 Å². The first kappa shape index (κ1) is 16.4. The van der Waals surface area contributed by atoms with E-state index in [1.807, 2.05) is 6.20 Å². The fourth-order valence-corrected chi connectivity index (χ4v) is 4.06. The van der Waals surface area contributed by atoms with Crippen LogP contribution in [0.15, 0.2) is 30.5 Å². The first-order chi connectivity index (χ1) is 11.2. The molecule has 1 saturated carbocycles. The van der Waals surface area contributed by atoms with Gasteiger partial charge in [0.25, 0.3) is 0 Å². The lowest BCUT2D eigenvalue weighted by Crippen LogP contribution is -2.41. The lowest BCUT2D eigenvalue weighted by Gasteiger charge is -2.43. The van der Waals surface area contributed by atoms with Gasteiger partial charge in [0.05, 0.1) is 24.1 Å². The highest BCUT2D eigenvalue weighted by Crippen LogP contribution is 2.46. The SMILES string of the molecule is CCCC(OC1CCCCC1)C1(C)C=CC=CC1c1cn[nH]n1. The Labute approximate surface area is 139 Å². The standard InChI is InChI=1S/C19H29N3O/c1-3-9-18(23-15-10-5-4-6-11-15)19(2)13-8-7-12-16(19)17-14-20-22-21-17/h7-8,12-16,18H,3-6,9-11H2,1-2H3,(H,20,21,22). The minimum Gasteiger partial charge on any atom is -0.374 e. The van der Waals surface area contributed by atoms with E-state index in [0.717, 1.165) is 18.5 Å². The molecule has 3 atom stereocenters. The minimum atomic E-state index is -0.0704. The fourth-order valence-electron chi connectivity index (χ4n) is 4.06. The summed E-state index contributed by atoms with van der Waals surface area (Å²) in [5.74, 6) is 0.214. The first-order valence-electron chi connectivity index (χ1n) is 9.11. The van der Waals surface area contributed by atoms with Gasteiger partial charge in [0.1, 0.15) is 0 Å². The van der Waals surface area contributed by atoms with Crippen molar-refractivity contribution in [3.63, 3.8) is 0 Å². The minimum absolute atomic E-state index is 0.0704. The molecular weight excluding hydrogens is 286 g/mol. The molecule has 1 aromatic rings. The van der Waals surface area contributed by atoms with Crippen LogP contribution in [0.4, 0.5) is 0 Å². The highest BCUT2D eigenvalue weighted by Gasteiger charge is 2.42. The summed E-state index contributed by atoms with van der Waals surface area (Å²) in [5, 5.41) is 11.1. The Balaban J connectivity index is 1.82. The molecule has 0 aromatic carbocycles. The van der Waals surface area contributed by atoms with Crippen LogP contribution in [0.2, 0.25) is 0 Å². The predicted octanol–water partition coefficient (Wildman–Crippen LogP) is 4.54. The van der Waals surface area contributed by atoms with Crippen molar-refractivity contribution in [2.75, 3.05) is 0 Å². The molecule has 1 fully saturated rings. The third-order valence-electron chi connectivity index (χ3n) is 5.45. The molecule has 3 rings (SSSR count). The lowest BCUT2D eigenvalue weighted by molar-refractivity contribution is -0.0828. The van der Waals surface area contributed by atoms with Crippen molar-refractivity contribution in [1.29, 1.82) is 0 Å². The van der Waals surface area contributed by atoms with Crippen LogP contribution in [0.3, 0.4) is 0 Å². The Kier molecular flexibility index (Phi) is 5.31. The maximum Gasteiger partial charge on any atom is 0.0902 e. The van der Waals surface area contributed by atoms with Crippen molar-refractivity contribution in [1.82, 2.24) is 15.4 Å². The molecule has 1 N–H and O–H groups in total. The number of ether oxygens (including phenoxy) is 1. The summed E-state index contributed by atoms with van der Waals surface area (Å²) in [6, 6.07) is 0. The van der Waals surface area contributed by atoms with Crippen LogP contribution in [-0.2, 0) is 4.74 Å². The number of H-pyrrole nitrogens is 1. The van der Waals surface area contributed by atoms with Gasteiger partial charge in [0, 0.05) is 11.3 Å². The maximum atomic E-state index is 6.66. The van der Waals surface area contributed by atoms with Crippen molar-refractivity contribution < 1.29 is 4.74 Å². The second kappa shape index (κ2) is 7.43. The van der Waals surface area contributed by atoms with Gasteiger partial charge in [-0.05, 0) is 19.3 Å². The normalized spacial score (nSPS) is 29.7. The summed E-state index contributed by atoms with van der Waals surface area (Å²) in [5.41, 5.74) is 0.931. The van der Waals surface area contributed by atoms with E-state index in [0.29, 0.717) is 6.10 Å². The summed E-state index contributed by atoms with van der Waals surface area (Å²) < 4.78 is 6.66. The molecule has 0 aliphatic heterocycles. The van der Waals surface area contributed by atoms with Gasteiger partial charge in [-0.15, -0.1) is 0 Å². The lowest BCUT2D eigenvalue weighted by atomic mass is 9.68. The van der Waals surface area contributed by atoms with Gasteiger partial charge in [-0.2, -0.15) is 15.4 Å². The predicted molar refractivity (Wildman–Crippen MR) is 92.2 cm³/mol. The Bertz CT molecular complexity index is 531. The van der Waals surface area contributed by atoms with Gasteiger partial charge < -0.3 is 4.74 Å². The van der Waals surface area contributed by atoms with Gasteiger partial charge in [-0.3, -0.25) is 0 Å². The molecule has 4 nitrogen and oxygen atoms in total. The third-order valence-corrected chi connectivity index (χ3v) is 5.45. The zero-order valence-corrected chi connectivity index (χ0v) is 14.4. The van der Waals surface area contributed by atoms with Crippen molar-refractivity contribution in [3.05, 3.63) is 36.2 Å². The molecule has 0 amide bonds. The van der Waals surface area contributed by atoms with Crippen LogP contribution >= 0.6 is 0 Å².